The van der Waals surface area contributed by atoms with Crippen LogP contribution in [0.25, 0.3) is 0 Å². The van der Waals surface area contributed by atoms with Crippen LogP contribution in [-0.4, -0.2) is 28.6 Å². The minimum Gasteiger partial charge on any atom is -0.480 e. The Hall–Kier alpha value is -2.51. The summed E-state index contributed by atoms with van der Waals surface area (Å²) in [6.07, 6.45) is 1.26. The van der Waals surface area contributed by atoms with E-state index in [9.17, 15) is 29.2 Å². The maximum absolute atomic E-state index is 13.6. The molecule has 0 aromatic heterocycles. The minimum absolute atomic E-state index is 0.00124. The summed E-state index contributed by atoms with van der Waals surface area (Å²) in [4.78, 5) is 33.4. The molecule has 1 N–H and O–H groups in total. The van der Waals surface area contributed by atoms with Gasteiger partial charge in [0, 0.05) is 6.07 Å². The fraction of sp³-hybridized carbons (Fsp3) is 0.429. The lowest BCUT2D eigenvalue weighted by atomic mass is 9.96. The molecule has 1 aromatic carbocycles. The van der Waals surface area contributed by atoms with Crippen LogP contribution in [0.5, 0.6) is 0 Å². The Balaban J connectivity index is 3.26. The summed E-state index contributed by atoms with van der Waals surface area (Å²) in [5.74, 6) is -5.54. The van der Waals surface area contributed by atoms with E-state index in [2.05, 4.69) is 0 Å². The number of hydrogen-bond acceptors (Lipinski definition) is 5. The Labute approximate surface area is 125 Å². The number of carboxylic acid groups (broad SMARTS) is 1. The molecular weight excluding hydrogens is 297 g/mol. The number of ether oxygens (including phenoxy) is 1. The Bertz CT molecular complexity index is 601. The Morgan fingerprint density at radius 1 is 1.45 bits per heavy atom. The molecule has 0 bridgehead atoms. The third-order valence-electron chi connectivity index (χ3n) is 3.04. The number of carboxylic acids is 1. The maximum Gasteiger partial charge on any atom is 0.325 e. The van der Waals surface area contributed by atoms with Gasteiger partial charge < -0.3 is 9.84 Å². The zero-order valence-corrected chi connectivity index (χ0v) is 12.2. The highest BCUT2D eigenvalue weighted by Crippen LogP contribution is 2.30. The number of unbranched alkanes of at least 4 members (excludes halogenated alkanes) is 1. The zero-order chi connectivity index (χ0) is 16.9. The number of esters is 1. The SMILES string of the molecule is CCCCOC(=O)C(C(=O)O)c1cc(F)c(C)cc1[N+](=O)[O-]. The first-order valence-corrected chi connectivity index (χ1v) is 6.63. The Kier molecular flexibility index (Phi) is 5.97. The molecule has 0 amide bonds. The lowest BCUT2D eigenvalue weighted by molar-refractivity contribution is -0.385. The summed E-state index contributed by atoms with van der Waals surface area (Å²) in [6.45, 7) is 3.16. The third-order valence-corrected chi connectivity index (χ3v) is 3.04. The summed E-state index contributed by atoms with van der Waals surface area (Å²) in [6, 6.07) is 1.60. The van der Waals surface area contributed by atoms with Gasteiger partial charge in [0.05, 0.1) is 17.1 Å². The predicted octanol–water partition coefficient (Wildman–Crippen LogP) is 2.55. The minimum atomic E-state index is -1.94. The smallest absolute Gasteiger partial charge is 0.325 e. The number of rotatable bonds is 7. The first kappa shape index (κ1) is 17.5. The van der Waals surface area contributed by atoms with Crippen molar-refractivity contribution in [3.63, 3.8) is 0 Å². The fourth-order valence-electron chi connectivity index (χ4n) is 1.83. The Morgan fingerprint density at radius 2 is 2.09 bits per heavy atom. The van der Waals surface area contributed by atoms with Gasteiger partial charge in [-0.05, 0) is 25.0 Å². The van der Waals surface area contributed by atoms with Crippen LogP contribution in [0.15, 0.2) is 12.1 Å². The molecule has 0 radical (unpaired) electrons. The maximum atomic E-state index is 13.6. The normalized spacial score (nSPS) is 11.8. The van der Waals surface area contributed by atoms with E-state index in [1.807, 2.05) is 6.92 Å². The second-order valence-corrected chi connectivity index (χ2v) is 4.71. The third kappa shape index (κ3) is 4.00. The van der Waals surface area contributed by atoms with Crippen LogP contribution in [0.2, 0.25) is 0 Å². The number of nitrogens with zero attached hydrogens (tertiary/aromatic N) is 1. The van der Waals surface area contributed by atoms with Gasteiger partial charge in [-0.3, -0.25) is 19.7 Å². The number of carbonyl (C=O) groups excluding carboxylic acids is 1. The second-order valence-electron chi connectivity index (χ2n) is 4.71. The molecule has 7 nitrogen and oxygen atoms in total. The number of aryl methyl sites for hydroxylation is 1. The molecule has 1 unspecified atom stereocenters. The number of nitro benzene ring substituents is 1. The molecule has 0 aliphatic heterocycles. The number of benzene rings is 1. The van der Waals surface area contributed by atoms with Gasteiger partial charge in [0.25, 0.3) is 5.69 Å². The topological polar surface area (TPSA) is 107 Å². The first-order chi connectivity index (χ1) is 10.3. The number of aliphatic carboxylic acids is 1. The number of carbonyl (C=O) groups is 2. The van der Waals surface area contributed by atoms with Crippen LogP contribution in [0.1, 0.15) is 36.8 Å². The fourth-order valence-corrected chi connectivity index (χ4v) is 1.83. The highest BCUT2D eigenvalue weighted by atomic mass is 19.1. The highest BCUT2D eigenvalue weighted by molar-refractivity contribution is 6.00. The van der Waals surface area contributed by atoms with Crippen LogP contribution in [0.4, 0.5) is 10.1 Å². The molecule has 8 heteroatoms. The average Bonchev–Trinajstić information content (AvgIpc) is 2.42. The average molecular weight is 313 g/mol. The molecule has 0 saturated heterocycles. The molecule has 120 valence electrons. The summed E-state index contributed by atoms with van der Waals surface area (Å²) in [5, 5.41) is 20.2. The quantitative estimate of drug-likeness (QED) is 0.272. The molecule has 0 fully saturated rings. The van der Waals surface area contributed by atoms with Gasteiger partial charge in [-0.25, -0.2) is 4.39 Å². The molecule has 22 heavy (non-hydrogen) atoms. The van der Waals surface area contributed by atoms with Crippen LogP contribution < -0.4 is 0 Å². The Morgan fingerprint density at radius 3 is 2.59 bits per heavy atom. The summed E-state index contributed by atoms with van der Waals surface area (Å²) in [7, 11) is 0. The van der Waals surface area contributed by atoms with Crippen molar-refractivity contribution in [2.45, 2.75) is 32.6 Å². The van der Waals surface area contributed by atoms with Crippen LogP contribution in [0.3, 0.4) is 0 Å². The van der Waals surface area contributed by atoms with Crippen molar-refractivity contribution >= 4 is 17.6 Å². The second kappa shape index (κ2) is 7.48. The molecule has 0 heterocycles. The van der Waals surface area contributed by atoms with Crippen molar-refractivity contribution in [1.82, 2.24) is 0 Å². The van der Waals surface area contributed by atoms with Crippen molar-refractivity contribution in [2.24, 2.45) is 0 Å². The van der Waals surface area contributed by atoms with E-state index in [0.717, 1.165) is 12.5 Å². The van der Waals surface area contributed by atoms with Crippen molar-refractivity contribution in [1.29, 1.82) is 0 Å². The molecule has 1 aromatic rings. The lowest BCUT2D eigenvalue weighted by Crippen LogP contribution is -2.25. The van der Waals surface area contributed by atoms with Gasteiger partial charge >= 0.3 is 11.9 Å². The lowest BCUT2D eigenvalue weighted by Gasteiger charge is -2.13. The van der Waals surface area contributed by atoms with Gasteiger partial charge in [0.15, 0.2) is 5.92 Å². The molecule has 0 spiro atoms. The van der Waals surface area contributed by atoms with E-state index < -0.39 is 39.8 Å². The molecule has 1 atom stereocenters. The zero-order valence-electron chi connectivity index (χ0n) is 12.2. The van der Waals surface area contributed by atoms with Crippen LogP contribution >= 0.6 is 0 Å². The highest BCUT2D eigenvalue weighted by Gasteiger charge is 2.36. The standard InChI is InChI=1S/C14H16FNO6/c1-3-4-5-22-14(19)12(13(17)18)9-7-10(15)8(2)6-11(9)16(20)21/h6-7,12H,3-5H2,1-2H3,(H,17,18). The van der Waals surface area contributed by atoms with E-state index in [0.29, 0.717) is 12.5 Å². The van der Waals surface area contributed by atoms with Crippen LogP contribution in [0, 0.1) is 22.9 Å². The van der Waals surface area contributed by atoms with Crippen molar-refractivity contribution in [3.8, 4) is 0 Å². The molecule has 0 aliphatic rings. The van der Waals surface area contributed by atoms with Gasteiger partial charge in [-0.2, -0.15) is 0 Å². The van der Waals surface area contributed by atoms with E-state index >= 15 is 0 Å². The van der Waals surface area contributed by atoms with Gasteiger partial charge in [-0.1, -0.05) is 13.3 Å². The van der Waals surface area contributed by atoms with Gasteiger partial charge in [-0.15, -0.1) is 0 Å². The van der Waals surface area contributed by atoms with Gasteiger partial charge in [0.2, 0.25) is 0 Å². The summed E-state index contributed by atoms with van der Waals surface area (Å²) >= 11 is 0. The summed E-state index contributed by atoms with van der Waals surface area (Å²) in [5.41, 5.74) is -1.17. The predicted molar refractivity (Wildman–Crippen MR) is 74.0 cm³/mol. The number of halogens is 1. The van der Waals surface area contributed by atoms with Crippen molar-refractivity contribution in [3.05, 3.63) is 39.2 Å². The molecule has 0 aliphatic carbocycles. The van der Waals surface area contributed by atoms with E-state index in [1.165, 1.54) is 6.92 Å². The molecule has 0 saturated carbocycles. The summed E-state index contributed by atoms with van der Waals surface area (Å²) < 4.78 is 18.4. The van der Waals surface area contributed by atoms with Crippen molar-refractivity contribution in [2.75, 3.05) is 6.61 Å². The molecular formula is C14H16FNO6. The largest absolute Gasteiger partial charge is 0.480 e. The van der Waals surface area contributed by atoms with E-state index in [1.54, 1.807) is 0 Å². The van der Waals surface area contributed by atoms with Gasteiger partial charge in [0.1, 0.15) is 5.82 Å². The van der Waals surface area contributed by atoms with Crippen molar-refractivity contribution < 1.29 is 28.7 Å². The van der Waals surface area contributed by atoms with E-state index in [-0.39, 0.29) is 12.2 Å². The number of hydrogen-bond donors (Lipinski definition) is 1. The monoisotopic (exact) mass is 313 g/mol. The van der Waals surface area contributed by atoms with Crippen LogP contribution in [-0.2, 0) is 14.3 Å². The van der Waals surface area contributed by atoms with E-state index in [4.69, 9.17) is 4.74 Å². The number of nitro groups is 1. The molecule has 1 rings (SSSR count). The first-order valence-electron chi connectivity index (χ1n) is 6.63.